The fraction of sp³-hybridized carbons (Fsp3) is 0.647. The molecule has 1 amide bonds. The normalized spacial score (nSPS) is 27.9. The Morgan fingerprint density at radius 1 is 1.36 bits per heavy atom. The third-order valence-corrected chi connectivity index (χ3v) is 5.60. The molecular weight excluding hydrogens is 335 g/mol. The average molecular weight is 357 g/mol. The van der Waals surface area contributed by atoms with E-state index in [-0.39, 0.29) is 29.5 Å². The molecule has 138 valence electrons. The molecule has 2 atom stereocenters. The van der Waals surface area contributed by atoms with Crippen molar-refractivity contribution in [2.75, 3.05) is 33.3 Å². The Balaban J connectivity index is 1.75. The standard InChI is InChI=1S/C17H22F3N3O2/c1-22-7-2-5-16(11-24)6-8-23(10-14(16)22)15(25)12-3-4-13(21-9-12)17(18,19)20/h3-4,9,14,24H,2,5-8,10-11H2,1H3/t14-,16-/m1/s1. The molecule has 1 N–H and O–H groups in total. The van der Waals surface area contributed by atoms with E-state index in [0.29, 0.717) is 19.5 Å². The molecule has 8 heteroatoms. The molecule has 1 aromatic heterocycles. The van der Waals surface area contributed by atoms with Crippen LogP contribution in [0, 0.1) is 5.41 Å². The Hall–Kier alpha value is -1.67. The minimum Gasteiger partial charge on any atom is -0.396 e. The summed E-state index contributed by atoms with van der Waals surface area (Å²) in [4.78, 5) is 19.9. The summed E-state index contributed by atoms with van der Waals surface area (Å²) in [6, 6.07) is 2.07. The molecular formula is C17H22F3N3O2. The van der Waals surface area contributed by atoms with E-state index >= 15 is 0 Å². The van der Waals surface area contributed by atoms with Crippen molar-refractivity contribution in [2.24, 2.45) is 5.41 Å². The molecule has 2 fully saturated rings. The first kappa shape index (κ1) is 18.1. The lowest BCUT2D eigenvalue weighted by Gasteiger charge is -2.53. The summed E-state index contributed by atoms with van der Waals surface area (Å²) in [5.41, 5.74) is -1.04. The summed E-state index contributed by atoms with van der Waals surface area (Å²) < 4.78 is 37.8. The van der Waals surface area contributed by atoms with Gasteiger partial charge in [-0.05, 0) is 45.0 Å². The topological polar surface area (TPSA) is 56.7 Å². The predicted molar refractivity (Wildman–Crippen MR) is 84.9 cm³/mol. The molecule has 0 aromatic carbocycles. The van der Waals surface area contributed by atoms with Crippen molar-refractivity contribution < 1.29 is 23.1 Å². The highest BCUT2D eigenvalue weighted by atomic mass is 19.4. The molecule has 2 saturated heterocycles. The second kappa shape index (κ2) is 6.57. The molecule has 3 heterocycles. The smallest absolute Gasteiger partial charge is 0.396 e. The van der Waals surface area contributed by atoms with E-state index in [2.05, 4.69) is 9.88 Å². The molecule has 0 radical (unpaired) electrons. The average Bonchev–Trinajstić information content (AvgIpc) is 2.60. The van der Waals surface area contributed by atoms with E-state index in [9.17, 15) is 23.1 Å². The third-order valence-electron chi connectivity index (χ3n) is 5.60. The molecule has 1 aromatic rings. The zero-order valence-corrected chi connectivity index (χ0v) is 14.1. The largest absolute Gasteiger partial charge is 0.433 e. The van der Waals surface area contributed by atoms with Crippen LogP contribution in [0.1, 0.15) is 35.3 Å². The van der Waals surface area contributed by atoms with Gasteiger partial charge in [-0.25, -0.2) is 0 Å². The number of fused-ring (bicyclic) bond motifs is 1. The van der Waals surface area contributed by atoms with E-state index in [1.54, 1.807) is 4.90 Å². The van der Waals surface area contributed by atoms with E-state index in [4.69, 9.17) is 0 Å². The van der Waals surface area contributed by atoms with Crippen LogP contribution in [-0.2, 0) is 6.18 Å². The lowest BCUT2D eigenvalue weighted by atomic mass is 9.69. The van der Waals surface area contributed by atoms with Gasteiger partial charge in [0, 0.05) is 30.7 Å². The van der Waals surface area contributed by atoms with Crippen molar-refractivity contribution in [3.05, 3.63) is 29.6 Å². The number of alkyl halides is 3. The van der Waals surface area contributed by atoms with Gasteiger partial charge in [0.1, 0.15) is 5.69 Å². The number of likely N-dealkylation sites (tertiary alicyclic amines) is 2. The first-order chi connectivity index (χ1) is 11.8. The molecule has 25 heavy (non-hydrogen) atoms. The second-order valence-corrected chi connectivity index (χ2v) is 7.05. The zero-order valence-electron chi connectivity index (χ0n) is 14.1. The van der Waals surface area contributed by atoms with Crippen LogP contribution in [0.4, 0.5) is 13.2 Å². The van der Waals surface area contributed by atoms with E-state index in [1.165, 1.54) is 6.07 Å². The molecule has 0 unspecified atom stereocenters. The number of carbonyl (C=O) groups excluding carboxylic acids is 1. The van der Waals surface area contributed by atoms with Gasteiger partial charge < -0.3 is 14.9 Å². The summed E-state index contributed by atoms with van der Waals surface area (Å²) in [7, 11) is 1.99. The first-order valence-electron chi connectivity index (χ1n) is 8.40. The van der Waals surface area contributed by atoms with Crippen LogP contribution < -0.4 is 0 Å². The van der Waals surface area contributed by atoms with Gasteiger partial charge in [-0.1, -0.05) is 0 Å². The number of amides is 1. The van der Waals surface area contributed by atoms with Gasteiger partial charge in [0.05, 0.1) is 12.2 Å². The summed E-state index contributed by atoms with van der Waals surface area (Å²) >= 11 is 0. The number of carbonyl (C=O) groups is 1. The van der Waals surface area contributed by atoms with Gasteiger partial charge in [0.15, 0.2) is 0 Å². The maximum Gasteiger partial charge on any atom is 0.433 e. The molecule has 0 saturated carbocycles. The molecule has 0 aliphatic carbocycles. The first-order valence-corrected chi connectivity index (χ1v) is 8.40. The summed E-state index contributed by atoms with van der Waals surface area (Å²) in [6.45, 7) is 1.96. The number of rotatable bonds is 2. The van der Waals surface area contributed by atoms with E-state index in [0.717, 1.165) is 31.6 Å². The summed E-state index contributed by atoms with van der Waals surface area (Å²) in [6.07, 6.45) is -0.882. The maximum atomic E-state index is 12.7. The highest BCUT2D eigenvalue weighted by Gasteiger charge is 2.47. The van der Waals surface area contributed by atoms with Crippen molar-refractivity contribution in [3.8, 4) is 0 Å². The number of halogens is 3. The Labute approximate surface area is 144 Å². The van der Waals surface area contributed by atoms with Crippen LogP contribution in [0.2, 0.25) is 0 Å². The Morgan fingerprint density at radius 2 is 2.12 bits per heavy atom. The molecule has 0 spiro atoms. The number of aliphatic hydroxyl groups is 1. The Bertz CT molecular complexity index is 635. The molecule has 2 aliphatic heterocycles. The van der Waals surface area contributed by atoms with Crippen LogP contribution in [0.5, 0.6) is 0 Å². The van der Waals surface area contributed by atoms with Crippen LogP contribution in [0.15, 0.2) is 18.3 Å². The lowest BCUT2D eigenvalue weighted by molar-refractivity contribution is -0.141. The number of hydrogen-bond donors (Lipinski definition) is 1. The van der Waals surface area contributed by atoms with Crippen LogP contribution in [0.3, 0.4) is 0 Å². The van der Waals surface area contributed by atoms with Gasteiger partial charge in [-0.2, -0.15) is 13.2 Å². The van der Waals surface area contributed by atoms with Crippen molar-refractivity contribution in [1.29, 1.82) is 0 Å². The molecule has 2 aliphatic rings. The SMILES string of the molecule is CN1CCC[C@]2(CO)CCN(C(=O)c3ccc(C(F)(F)F)nc3)C[C@@H]12. The van der Waals surface area contributed by atoms with Gasteiger partial charge in [-0.15, -0.1) is 0 Å². The van der Waals surface area contributed by atoms with Crippen molar-refractivity contribution >= 4 is 5.91 Å². The number of aliphatic hydroxyl groups excluding tert-OH is 1. The summed E-state index contributed by atoms with van der Waals surface area (Å²) in [5, 5.41) is 9.90. The van der Waals surface area contributed by atoms with Crippen molar-refractivity contribution in [2.45, 2.75) is 31.5 Å². The minimum absolute atomic E-state index is 0.0614. The minimum atomic E-state index is -4.52. The maximum absolute atomic E-state index is 12.7. The number of aromatic nitrogens is 1. The zero-order chi connectivity index (χ0) is 18.2. The van der Waals surface area contributed by atoms with Gasteiger partial charge in [0.2, 0.25) is 0 Å². The number of nitrogens with zero attached hydrogens (tertiary/aromatic N) is 3. The van der Waals surface area contributed by atoms with E-state index in [1.807, 2.05) is 7.05 Å². The molecule has 5 nitrogen and oxygen atoms in total. The van der Waals surface area contributed by atoms with Crippen LogP contribution >= 0.6 is 0 Å². The number of likely N-dealkylation sites (N-methyl/N-ethyl adjacent to an activating group) is 1. The summed E-state index contributed by atoms with van der Waals surface area (Å²) in [5.74, 6) is -0.313. The van der Waals surface area contributed by atoms with Crippen LogP contribution in [-0.4, -0.2) is 65.1 Å². The fourth-order valence-corrected chi connectivity index (χ4v) is 4.07. The Morgan fingerprint density at radius 3 is 2.72 bits per heavy atom. The van der Waals surface area contributed by atoms with Crippen molar-refractivity contribution in [1.82, 2.24) is 14.8 Å². The van der Waals surface area contributed by atoms with Gasteiger partial charge in [0.25, 0.3) is 5.91 Å². The third kappa shape index (κ3) is 3.37. The highest BCUT2D eigenvalue weighted by molar-refractivity contribution is 5.94. The number of hydrogen-bond acceptors (Lipinski definition) is 4. The van der Waals surface area contributed by atoms with Crippen LogP contribution in [0.25, 0.3) is 0 Å². The predicted octanol–water partition coefficient (Wildman–Crippen LogP) is 2.02. The van der Waals surface area contributed by atoms with Gasteiger partial charge >= 0.3 is 6.18 Å². The lowest BCUT2D eigenvalue weighted by Crippen LogP contribution is -2.62. The highest BCUT2D eigenvalue weighted by Crippen LogP contribution is 2.41. The van der Waals surface area contributed by atoms with E-state index < -0.39 is 11.9 Å². The van der Waals surface area contributed by atoms with Crippen molar-refractivity contribution in [3.63, 3.8) is 0 Å². The molecule has 3 rings (SSSR count). The van der Waals surface area contributed by atoms with Gasteiger partial charge in [-0.3, -0.25) is 9.78 Å². The Kier molecular flexibility index (Phi) is 4.76. The fourth-order valence-electron chi connectivity index (χ4n) is 4.07. The number of piperidine rings is 2. The second-order valence-electron chi connectivity index (χ2n) is 7.05. The number of pyridine rings is 1. The quantitative estimate of drug-likeness (QED) is 0.880. The molecule has 0 bridgehead atoms. The monoisotopic (exact) mass is 357 g/mol.